The number of hydrogen-bond acceptors (Lipinski definition) is 4. The zero-order valence-corrected chi connectivity index (χ0v) is 13.6. The molecule has 24 heavy (non-hydrogen) atoms. The number of hydrogen-bond donors (Lipinski definition) is 2. The maximum Gasteiger partial charge on any atom is 0.177 e. The van der Waals surface area contributed by atoms with E-state index in [-0.39, 0.29) is 0 Å². The maximum atomic E-state index is 6.23. The number of anilines is 1. The van der Waals surface area contributed by atoms with Crippen molar-refractivity contribution < 1.29 is 0 Å². The Labute approximate surface area is 142 Å². The van der Waals surface area contributed by atoms with E-state index in [0.717, 1.165) is 46.0 Å². The fourth-order valence-electron chi connectivity index (χ4n) is 2.94. The molecule has 1 aliphatic rings. The van der Waals surface area contributed by atoms with Gasteiger partial charge >= 0.3 is 0 Å². The van der Waals surface area contributed by atoms with Crippen LogP contribution in [-0.4, -0.2) is 31.3 Å². The second kappa shape index (κ2) is 5.21. The van der Waals surface area contributed by atoms with Crippen LogP contribution >= 0.6 is 11.6 Å². The van der Waals surface area contributed by atoms with Crippen LogP contribution in [0.4, 0.5) is 5.69 Å². The van der Waals surface area contributed by atoms with Gasteiger partial charge in [0, 0.05) is 23.6 Å². The van der Waals surface area contributed by atoms with Gasteiger partial charge in [0.1, 0.15) is 0 Å². The standard InChI is InChI=1S/C17H15ClN6/c18-16-6-14(19-7-10-1-2-10)17-20-9-15(24(17)23-16)11-3-4-13-12(5-11)8-21-22-13/h3-6,8-10,19H,1-2,7H2,(H,21,22). The van der Waals surface area contributed by atoms with Gasteiger partial charge in [0.25, 0.3) is 0 Å². The molecule has 1 aromatic carbocycles. The van der Waals surface area contributed by atoms with Crippen molar-refractivity contribution in [2.75, 3.05) is 11.9 Å². The van der Waals surface area contributed by atoms with Crippen LogP contribution in [0.1, 0.15) is 12.8 Å². The molecule has 1 aliphatic carbocycles. The van der Waals surface area contributed by atoms with Crippen LogP contribution < -0.4 is 5.32 Å². The average molecular weight is 339 g/mol. The zero-order valence-electron chi connectivity index (χ0n) is 12.8. The summed E-state index contributed by atoms with van der Waals surface area (Å²) in [4.78, 5) is 4.56. The number of aromatic amines is 1. The third kappa shape index (κ3) is 2.30. The van der Waals surface area contributed by atoms with Crippen LogP contribution in [0.15, 0.2) is 36.7 Å². The monoisotopic (exact) mass is 338 g/mol. The Bertz CT molecular complexity index is 1050. The first-order valence-electron chi connectivity index (χ1n) is 7.99. The van der Waals surface area contributed by atoms with E-state index in [1.807, 2.05) is 30.6 Å². The predicted octanol–water partition coefficient (Wildman–Crippen LogP) is 3.75. The first-order valence-corrected chi connectivity index (χ1v) is 8.37. The minimum Gasteiger partial charge on any atom is -0.382 e. The number of nitrogens with one attached hydrogen (secondary N) is 2. The minimum atomic E-state index is 0.449. The molecule has 0 amide bonds. The molecule has 3 aromatic heterocycles. The number of aromatic nitrogens is 5. The number of benzene rings is 1. The topological polar surface area (TPSA) is 70.9 Å². The van der Waals surface area contributed by atoms with Gasteiger partial charge in [-0.2, -0.15) is 10.2 Å². The summed E-state index contributed by atoms with van der Waals surface area (Å²) >= 11 is 6.23. The lowest BCUT2D eigenvalue weighted by Crippen LogP contribution is -2.06. The Hall–Kier alpha value is -2.60. The quantitative estimate of drug-likeness (QED) is 0.594. The molecular formula is C17H15ClN6. The summed E-state index contributed by atoms with van der Waals surface area (Å²) in [5.41, 5.74) is 4.66. The molecule has 1 saturated carbocycles. The molecule has 2 N–H and O–H groups in total. The van der Waals surface area contributed by atoms with Gasteiger partial charge in [-0.3, -0.25) is 5.10 Å². The third-order valence-corrected chi connectivity index (χ3v) is 4.64. The molecule has 6 nitrogen and oxygen atoms in total. The second-order valence-electron chi connectivity index (χ2n) is 6.26. The normalized spacial score (nSPS) is 14.5. The Morgan fingerprint density at radius 2 is 2.17 bits per heavy atom. The summed E-state index contributed by atoms with van der Waals surface area (Å²) in [5.74, 6) is 0.773. The second-order valence-corrected chi connectivity index (χ2v) is 6.64. The van der Waals surface area contributed by atoms with Crippen molar-refractivity contribution in [3.05, 3.63) is 41.8 Å². The number of H-pyrrole nitrogens is 1. The first kappa shape index (κ1) is 13.8. The van der Waals surface area contributed by atoms with Gasteiger partial charge in [-0.05, 0) is 30.9 Å². The molecule has 0 saturated heterocycles. The fraction of sp³-hybridized carbons (Fsp3) is 0.235. The van der Waals surface area contributed by atoms with Gasteiger partial charge in [-0.15, -0.1) is 0 Å². The van der Waals surface area contributed by atoms with E-state index in [4.69, 9.17) is 11.6 Å². The summed E-state index contributed by atoms with van der Waals surface area (Å²) in [6.45, 7) is 0.958. The number of nitrogens with zero attached hydrogens (tertiary/aromatic N) is 4. The van der Waals surface area contributed by atoms with Crippen LogP contribution in [0.25, 0.3) is 27.8 Å². The Kier molecular flexibility index (Phi) is 2.99. The maximum absolute atomic E-state index is 6.23. The van der Waals surface area contributed by atoms with Gasteiger partial charge < -0.3 is 5.32 Å². The minimum absolute atomic E-state index is 0.449. The molecule has 5 rings (SSSR count). The van der Waals surface area contributed by atoms with E-state index in [1.165, 1.54) is 12.8 Å². The molecule has 4 aromatic rings. The van der Waals surface area contributed by atoms with E-state index < -0.39 is 0 Å². The van der Waals surface area contributed by atoms with Crippen molar-refractivity contribution in [2.45, 2.75) is 12.8 Å². The molecule has 0 bridgehead atoms. The number of imidazole rings is 1. The molecular weight excluding hydrogens is 324 g/mol. The molecule has 3 heterocycles. The summed E-state index contributed by atoms with van der Waals surface area (Å²) in [5, 5.41) is 16.4. The lowest BCUT2D eigenvalue weighted by Gasteiger charge is -2.08. The molecule has 0 unspecified atom stereocenters. The van der Waals surface area contributed by atoms with Gasteiger partial charge in [0.05, 0.1) is 29.3 Å². The molecule has 0 atom stereocenters. The fourth-order valence-corrected chi connectivity index (χ4v) is 3.13. The summed E-state index contributed by atoms with van der Waals surface area (Å²) in [6.07, 6.45) is 6.24. The van der Waals surface area contributed by atoms with E-state index in [1.54, 1.807) is 4.52 Å². The SMILES string of the molecule is Clc1cc(NCC2CC2)c2ncc(-c3ccc4[nH]ncc4c3)n2n1. The van der Waals surface area contributed by atoms with E-state index in [9.17, 15) is 0 Å². The Morgan fingerprint density at radius 3 is 3.04 bits per heavy atom. The number of halogens is 1. The smallest absolute Gasteiger partial charge is 0.177 e. The summed E-state index contributed by atoms with van der Waals surface area (Å²) < 4.78 is 1.80. The van der Waals surface area contributed by atoms with Crippen LogP contribution in [-0.2, 0) is 0 Å². The molecule has 0 spiro atoms. The molecule has 0 aliphatic heterocycles. The highest BCUT2D eigenvalue weighted by atomic mass is 35.5. The van der Waals surface area contributed by atoms with Crippen LogP contribution in [0.5, 0.6) is 0 Å². The van der Waals surface area contributed by atoms with Crippen LogP contribution in [0.2, 0.25) is 5.15 Å². The van der Waals surface area contributed by atoms with Crippen molar-refractivity contribution in [1.82, 2.24) is 24.8 Å². The Balaban J connectivity index is 1.62. The predicted molar refractivity (Wildman–Crippen MR) is 94.3 cm³/mol. The molecule has 120 valence electrons. The average Bonchev–Trinajstić information content (AvgIpc) is 3.13. The van der Waals surface area contributed by atoms with Crippen molar-refractivity contribution in [2.24, 2.45) is 5.92 Å². The third-order valence-electron chi connectivity index (χ3n) is 4.45. The van der Waals surface area contributed by atoms with E-state index >= 15 is 0 Å². The number of fused-ring (bicyclic) bond motifs is 2. The first-order chi connectivity index (χ1) is 11.8. The van der Waals surface area contributed by atoms with E-state index in [2.05, 4.69) is 31.7 Å². The van der Waals surface area contributed by atoms with Crippen molar-refractivity contribution in [3.63, 3.8) is 0 Å². The van der Waals surface area contributed by atoms with Crippen molar-refractivity contribution >= 4 is 33.8 Å². The molecule has 7 heteroatoms. The highest BCUT2D eigenvalue weighted by Gasteiger charge is 2.21. The molecule has 0 radical (unpaired) electrons. The van der Waals surface area contributed by atoms with Crippen molar-refractivity contribution in [1.29, 1.82) is 0 Å². The summed E-state index contributed by atoms with van der Waals surface area (Å²) in [6, 6.07) is 7.95. The van der Waals surface area contributed by atoms with Gasteiger partial charge in [-0.1, -0.05) is 17.7 Å². The van der Waals surface area contributed by atoms with E-state index in [0.29, 0.717) is 5.15 Å². The largest absolute Gasteiger partial charge is 0.382 e. The van der Waals surface area contributed by atoms with Gasteiger partial charge in [-0.25, -0.2) is 9.50 Å². The lowest BCUT2D eigenvalue weighted by molar-refractivity contribution is 0.882. The molecule has 1 fully saturated rings. The lowest BCUT2D eigenvalue weighted by atomic mass is 10.1. The number of rotatable bonds is 4. The van der Waals surface area contributed by atoms with Crippen molar-refractivity contribution in [3.8, 4) is 11.3 Å². The Morgan fingerprint density at radius 1 is 1.25 bits per heavy atom. The summed E-state index contributed by atoms with van der Waals surface area (Å²) in [7, 11) is 0. The highest BCUT2D eigenvalue weighted by molar-refractivity contribution is 6.29. The van der Waals surface area contributed by atoms with Crippen LogP contribution in [0, 0.1) is 5.92 Å². The van der Waals surface area contributed by atoms with Crippen LogP contribution in [0.3, 0.4) is 0 Å². The zero-order chi connectivity index (χ0) is 16.1. The van der Waals surface area contributed by atoms with Gasteiger partial charge in [0.2, 0.25) is 0 Å². The highest BCUT2D eigenvalue weighted by Crippen LogP contribution is 2.31. The van der Waals surface area contributed by atoms with Gasteiger partial charge in [0.15, 0.2) is 10.8 Å².